The van der Waals surface area contributed by atoms with Gasteiger partial charge in [0, 0.05) is 26.3 Å². The summed E-state index contributed by atoms with van der Waals surface area (Å²) in [6.45, 7) is 0. The second-order valence-corrected chi connectivity index (χ2v) is 3.85. The summed E-state index contributed by atoms with van der Waals surface area (Å²) in [5.74, 6) is 0. The Morgan fingerprint density at radius 1 is 1.17 bits per heavy atom. The van der Waals surface area contributed by atoms with Crippen molar-refractivity contribution >= 4 is 27.3 Å². The van der Waals surface area contributed by atoms with E-state index in [1.54, 1.807) is 17.0 Å². The van der Waals surface area contributed by atoms with Crippen LogP contribution in [0.1, 0.15) is 0 Å². The van der Waals surface area contributed by atoms with Crippen LogP contribution in [0.15, 0.2) is 43.0 Å². The zero-order valence-corrected chi connectivity index (χ0v) is 11.6. The minimum atomic E-state index is 0. The van der Waals surface area contributed by atoms with Crippen molar-refractivity contribution in [3.63, 3.8) is 0 Å². The summed E-state index contributed by atoms with van der Waals surface area (Å²) < 4.78 is 1.81. The van der Waals surface area contributed by atoms with Crippen LogP contribution in [0.3, 0.4) is 0 Å². The molecule has 18 heavy (non-hydrogen) atoms. The van der Waals surface area contributed by atoms with Crippen LogP contribution in [0.2, 0.25) is 0 Å². The third-order valence-electron chi connectivity index (χ3n) is 2.95. The van der Waals surface area contributed by atoms with Crippen molar-refractivity contribution in [2.75, 3.05) is 0 Å². The molecule has 0 unspecified atom stereocenters. The molecular formula is C13H7IrN4-. The maximum atomic E-state index is 4.29. The molecule has 0 saturated carbocycles. The van der Waals surface area contributed by atoms with Gasteiger partial charge in [0.05, 0.1) is 17.4 Å². The first-order valence-electron chi connectivity index (χ1n) is 5.31. The summed E-state index contributed by atoms with van der Waals surface area (Å²) in [6.07, 6.45) is 5.16. The van der Waals surface area contributed by atoms with Crippen molar-refractivity contribution in [3.05, 3.63) is 49.1 Å². The van der Waals surface area contributed by atoms with Crippen LogP contribution < -0.4 is 0 Å². The van der Waals surface area contributed by atoms with E-state index in [4.69, 9.17) is 0 Å². The maximum Gasteiger partial charge on any atom is 0.127 e. The van der Waals surface area contributed by atoms with Gasteiger partial charge in [0.1, 0.15) is 6.33 Å². The first-order valence-corrected chi connectivity index (χ1v) is 5.31. The van der Waals surface area contributed by atoms with Gasteiger partial charge in [-0.3, -0.25) is 14.5 Å². The Hall–Kier alpha value is -1.84. The normalized spacial score (nSPS) is 10.9. The second-order valence-electron chi connectivity index (χ2n) is 3.85. The molecule has 1 radical (unpaired) electrons. The number of hydrogen-bond donors (Lipinski definition) is 0. The summed E-state index contributed by atoms with van der Waals surface area (Å²) in [4.78, 5) is 8.44. The van der Waals surface area contributed by atoms with Crippen LogP contribution in [-0.4, -0.2) is 19.6 Å². The van der Waals surface area contributed by atoms with Gasteiger partial charge >= 0.3 is 0 Å². The standard InChI is InChI=1S/C13H7N4.Ir/c1-2-4-11-9(3-1)10-5-6-14-7-12(10)17-13(11)15-8-16-17;/h1-3,5-8H;/q-1;. The summed E-state index contributed by atoms with van der Waals surface area (Å²) in [6, 6.07) is 11.2. The van der Waals surface area contributed by atoms with Gasteiger partial charge in [-0.25, -0.2) is 0 Å². The monoisotopic (exact) mass is 412 g/mol. The van der Waals surface area contributed by atoms with Crippen molar-refractivity contribution in [2.45, 2.75) is 0 Å². The van der Waals surface area contributed by atoms with Crippen LogP contribution >= 0.6 is 0 Å². The largest absolute Gasteiger partial charge is 0.264 e. The van der Waals surface area contributed by atoms with Gasteiger partial charge in [0.15, 0.2) is 0 Å². The molecule has 4 rings (SSSR count). The molecule has 5 heteroatoms. The summed E-state index contributed by atoms with van der Waals surface area (Å²) in [5.41, 5.74) is 1.79. The van der Waals surface area contributed by atoms with Gasteiger partial charge in [-0.1, -0.05) is 10.8 Å². The zero-order valence-electron chi connectivity index (χ0n) is 9.16. The van der Waals surface area contributed by atoms with Crippen LogP contribution in [0, 0.1) is 6.07 Å². The average Bonchev–Trinajstić information content (AvgIpc) is 2.89. The van der Waals surface area contributed by atoms with E-state index in [1.165, 1.54) is 0 Å². The molecule has 0 amide bonds. The van der Waals surface area contributed by atoms with Gasteiger partial charge in [0.2, 0.25) is 0 Å². The van der Waals surface area contributed by atoms with E-state index < -0.39 is 0 Å². The average molecular weight is 411 g/mol. The fourth-order valence-electron chi connectivity index (χ4n) is 2.22. The Morgan fingerprint density at radius 3 is 3.06 bits per heavy atom. The molecule has 0 aliphatic rings. The Labute approximate surface area is 116 Å². The fourth-order valence-corrected chi connectivity index (χ4v) is 2.22. The van der Waals surface area contributed by atoms with E-state index in [2.05, 4.69) is 27.2 Å². The quantitative estimate of drug-likeness (QED) is 0.329. The Kier molecular flexibility index (Phi) is 2.58. The minimum Gasteiger partial charge on any atom is -0.264 e. The molecule has 4 aromatic rings. The fraction of sp³-hybridized carbons (Fsp3) is 0. The van der Waals surface area contributed by atoms with Crippen molar-refractivity contribution in [1.29, 1.82) is 0 Å². The van der Waals surface area contributed by atoms with Crippen molar-refractivity contribution in [1.82, 2.24) is 19.6 Å². The predicted octanol–water partition coefficient (Wildman–Crippen LogP) is 2.23. The molecule has 0 saturated heterocycles. The van der Waals surface area contributed by atoms with Gasteiger partial charge in [-0.05, 0) is 11.5 Å². The van der Waals surface area contributed by atoms with Crippen LogP contribution in [0.25, 0.3) is 27.3 Å². The minimum absolute atomic E-state index is 0. The Morgan fingerprint density at radius 2 is 2.11 bits per heavy atom. The number of aromatic nitrogens is 4. The molecule has 0 atom stereocenters. The van der Waals surface area contributed by atoms with E-state index in [-0.39, 0.29) is 20.1 Å². The first-order chi connectivity index (χ1) is 8.45. The number of pyridine rings is 2. The number of rotatable bonds is 0. The number of benzene rings is 1. The maximum absolute atomic E-state index is 4.29. The molecule has 3 heterocycles. The number of nitrogens with zero attached hydrogens (tertiary/aromatic N) is 4. The van der Waals surface area contributed by atoms with Crippen molar-refractivity contribution in [2.24, 2.45) is 0 Å². The van der Waals surface area contributed by atoms with Crippen molar-refractivity contribution < 1.29 is 20.1 Å². The molecule has 0 aliphatic carbocycles. The second kappa shape index (κ2) is 4.12. The van der Waals surface area contributed by atoms with Crippen LogP contribution in [0.4, 0.5) is 0 Å². The van der Waals surface area contributed by atoms with Gasteiger partial charge < -0.3 is 0 Å². The molecule has 1 aromatic carbocycles. The van der Waals surface area contributed by atoms with E-state index in [0.29, 0.717) is 0 Å². The SMILES string of the molecule is [Ir].[c-]1cccc2c1c1ncnn1c1cnccc21. The smallest absolute Gasteiger partial charge is 0.127 e. The summed E-state index contributed by atoms with van der Waals surface area (Å²) in [5, 5.41) is 7.48. The predicted molar refractivity (Wildman–Crippen MR) is 64.6 cm³/mol. The van der Waals surface area contributed by atoms with Gasteiger partial charge in [0.25, 0.3) is 0 Å². The number of hydrogen-bond acceptors (Lipinski definition) is 3. The Balaban J connectivity index is 0.000001000. The molecule has 0 fully saturated rings. The molecule has 0 spiro atoms. The number of fused-ring (bicyclic) bond motifs is 6. The van der Waals surface area contributed by atoms with Gasteiger partial charge in [-0.15, -0.1) is 24.3 Å². The first kappa shape index (κ1) is 11.3. The molecule has 4 nitrogen and oxygen atoms in total. The van der Waals surface area contributed by atoms with Crippen LogP contribution in [0.5, 0.6) is 0 Å². The summed E-state index contributed by atoms with van der Waals surface area (Å²) in [7, 11) is 0. The molecule has 0 aliphatic heterocycles. The van der Waals surface area contributed by atoms with E-state index >= 15 is 0 Å². The summed E-state index contributed by atoms with van der Waals surface area (Å²) >= 11 is 0. The third kappa shape index (κ3) is 1.38. The van der Waals surface area contributed by atoms with Gasteiger partial charge in [-0.2, -0.15) is 5.10 Å². The van der Waals surface area contributed by atoms with Crippen molar-refractivity contribution in [3.8, 4) is 0 Å². The third-order valence-corrected chi connectivity index (χ3v) is 2.95. The topological polar surface area (TPSA) is 43.1 Å². The Bertz CT molecular complexity index is 783. The zero-order chi connectivity index (χ0) is 11.2. The van der Waals surface area contributed by atoms with E-state index in [1.807, 2.05) is 24.4 Å². The molecule has 0 N–H and O–H groups in total. The molecule has 89 valence electrons. The molecule has 0 bridgehead atoms. The van der Waals surface area contributed by atoms with E-state index in [9.17, 15) is 0 Å². The molecule has 3 aromatic heterocycles. The molecular weight excluding hydrogens is 404 g/mol. The van der Waals surface area contributed by atoms with E-state index in [0.717, 1.165) is 27.3 Å². The van der Waals surface area contributed by atoms with Crippen LogP contribution in [-0.2, 0) is 20.1 Å².